The van der Waals surface area contributed by atoms with Crippen LogP contribution in [0.5, 0.6) is 0 Å². The molecule has 0 aliphatic carbocycles. The Morgan fingerprint density at radius 3 is 3.11 bits per heavy atom. The molecule has 1 N–H and O–H groups in total. The van der Waals surface area contributed by atoms with Gasteiger partial charge >= 0.3 is 5.69 Å². The Balaban J connectivity index is 2.16. The van der Waals surface area contributed by atoms with Crippen LogP contribution in [0.15, 0.2) is 12.3 Å². The van der Waals surface area contributed by atoms with E-state index in [4.69, 9.17) is 10.00 Å². The molecule has 0 bridgehead atoms. The minimum absolute atomic E-state index is 0.167. The molecule has 2 rings (SSSR count). The zero-order chi connectivity index (χ0) is 13.9. The van der Waals surface area contributed by atoms with E-state index >= 15 is 0 Å². The molecule has 7 nitrogen and oxygen atoms in total. The van der Waals surface area contributed by atoms with Crippen LogP contribution in [0, 0.1) is 21.4 Å². The molecule has 0 amide bonds. The fourth-order valence-electron chi connectivity index (χ4n) is 2.04. The Labute approximate surface area is 110 Å². The van der Waals surface area contributed by atoms with Crippen LogP contribution in [-0.2, 0) is 4.74 Å². The molecule has 1 aromatic heterocycles. The van der Waals surface area contributed by atoms with Crippen molar-refractivity contribution >= 4 is 11.5 Å². The zero-order valence-corrected chi connectivity index (χ0v) is 10.5. The molecule has 1 aliphatic heterocycles. The Kier molecular flexibility index (Phi) is 3.62. The highest BCUT2D eigenvalue weighted by atomic mass is 16.6. The van der Waals surface area contributed by atoms with Crippen LogP contribution in [0.3, 0.4) is 0 Å². The van der Waals surface area contributed by atoms with E-state index in [2.05, 4.69) is 10.3 Å². The van der Waals surface area contributed by atoms with Gasteiger partial charge in [0.25, 0.3) is 0 Å². The fourth-order valence-corrected chi connectivity index (χ4v) is 2.04. The second-order valence-corrected chi connectivity index (χ2v) is 4.72. The zero-order valence-electron chi connectivity index (χ0n) is 10.5. The number of ether oxygens (including phenoxy) is 1. The summed E-state index contributed by atoms with van der Waals surface area (Å²) >= 11 is 0. The molecule has 0 spiro atoms. The molecule has 19 heavy (non-hydrogen) atoms. The predicted molar refractivity (Wildman–Crippen MR) is 67.7 cm³/mol. The van der Waals surface area contributed by atoms with Crippen LogP contribution >= 0.6 is 0 Å². The number of anilines is 1. The molecule has 0 saturated carbocycles. The molecular weight excluding hydrogens is 248 g/mol. The van der Waals surface area contributed by atoms with Crippen molar-refractivity contribution < 1.29 is 9.66 Å². The summed E-state index contributed by atoms with van der Waals surface area (Å²) in [6.07, 6.45) is 3.21. The number of aromatic nitrogens is 1. The molecule has 0 aromatic carbocycles. The van der Waals surface area contributed by atoms with Crippen molar-refractivity contribution in [3.05, 3.63) is 27.9 Å². The van der Waals surface area contributed by atoms with E-state index in [0.29, 0.717) is 13.2 Å². The van der Waals surface area contributed by atoms with Gasteiger partial charge in [0, 0.05) is 25.4 Å². The van der Waals surface area contributed by atoms with Crippen LogP contribution in [0.25, 0.3) is 0 Å². The largest absolute Gasteiger partial charge is 0.373 e. The van der Waals surface area contributed by atoms with Crippen LogP contribution in [0.4, 0.5) is 11.5 Å². The van der Waals surface area contributed by atoms with Crippen molar-refractivity contribution in [1.82, 2.24) is 4.98 Å². The minimum Gasteiger partial charge on any atom is -0.373 e. The number of nitrogens with one attached hydrogen (secondary N) is 1. The average Bonchev–Trinajstić information content (AvgIpc) is 2.83. The van der Waals surface area contributed by atoms with Gasteiger partial charge in [-0.25, -0.2) is 4.98 Å². The van der Waals surface area contributed by atoms with Crippen LogP contribution < -0.4 is 5.32 Å². The average molecular weight is 262 g/mol. The van der Waals surface area contributed by atoms with Gasteiger partial charge in [0.05, 0.1) is 16.1 Å². The topological polar surface area (TPSA) is 101 Å². The van der Waals surface area contributed by atoms with Gasteiger partial charge in [-0.3, -0.25) is 10.1 Å². The minimum atomic E-state index is -0.548. The summed E-state index contributed by atoms with van der Waals surface area (Å²) in [7, 11) is 0. The molecule has 1 fully saturated rings. The second kappa shape index (κ2) is 5.20. The molecular formula is C12H14N4O3. The van der Waals surface area contributed by atoms with Crippen LogP contribution in [0.1, 0.15) is 25.3 Å². The van der Waals surface area contributed by atoms with Crippen LogP contribution in [-0.4, -0.2) is 28.7 Å². The Hall–Kier alpha value is -2.20. The first-order valence-electron chi connectivity index (χ1n) is 5.96. The van der Waals surface area contributed by atoms with E-state index < -0.39 is 4.92 Å². The Morgan fingerprint density at radius 1 is 1.74 bits per heavy atom. The summed E-state index contributed by atoms with van der Waals surface area (Å²) in [5, 5.41) is 22.6. The number of hydrogen-bond donors (Lipinski definition) is 1. The highest BCUT2D eigenvalue weighted by Gasteiger charge is 2.30. The van der Waals surface area contributed by atoms with Gasteiger partial charge in [-0.05, 0) is 19.8 Å². The van der Waals surface area contributed by atoms with Crippen molar-refractivity contribution in [2.45, 2.75) is 25.4 Å². The molecule has 2 heterocycles. The predicted octanol–water partition coefficient (Wildman–Crippen LogP) is 1.84. The summed E-state index contributed by atoms with van der Waals surface area (Å²) in [6, 6.07) is 3.05. The van der Waals surface area contributed by atoms with Gasteiger partial charge in [-0.1, -0.05) is 0 Å². The lowest BCUT2D eigenvalue weighted by molar-refractivity contribution is -0.384. The third-order valence-electron chi connectivity index (χ3n) is 3.12. The first-order chi connectivity index (χ1) is 9.04. The fraction of sp³-hybridized carbons (Fsp3) is 0.500. The van der Waals surface area contributed by atoms with Crippen molar-refractivity contribution in [3.8, 4) is 6.07 Å². The quantitative estimate of drug-likeness (QED) is 0.656. The number of nitriles is 1. The molecule has 7 heteroatoms. The monoisotopic (exact) mass is 262 g/mol. The lowest BCUT2D eigenvalue weighted by atomic mass is 10.0. The molecule has 1 aromatic rings. The lowest BCUT2D eigenvalue weighted by Crippen LogP contribution is -2.32. The molecule has 0 radical (unpaired) electrons. The van der Waals surface area contributed by atoms with Gasteiger partial charge in [0.15, 0.2) is 0 Å². The van der Waals surface area contributed by atoms with Crippen LogP contribution in [0.2, 0.25) is 0 Å². The highest BCUT2D eigenvalue weighted by molar-refractivity contribution is 5.58. The van der Waals surface area contributed by atoms with E-state index in [9.17, 15) is 10.1 Å². The Morgan fingerprint density at radius 2 is 2.53 bits per heavy atom. The SMILES string of the molecule is CC1(CNc2ncc(C#N)cc2[N+](=O)[O-])CCCO1. The first kappa shape index (κ1) is 13.2. The number of hydrogen-bond acceptors (Lipinski definition) is 6. The van der Waals surface area contributed by atoms with E-state index in [1.54, 1.807) is 0 Å². The van der Waals surface area contributed by atoms with Crippen molar-refractivity contribution in [2.75, 3.05) is 18.5 Å². The summed E-state index contributed by atoms with van der Waals surface area (Å²) in [5.41, 5.74) is -0.343. The third kappa shape index (κ3) is 2.98. The molecule has 1 unspecified atom stereocenters. The van der Waals surface area contributed by atoms with Crippen molar-refractivity contribution in [3.63, 3.8) is 0 Å². The van der Waals surface area contributed by atoms with Gasteiger partial charge < -0.3 is 10.1 Å². The summed E-state index contributed by atoms with van der Waals surface area (Å²) in [6.45, 7) is 3.12. The van der Waals surface area contributed by atoms with E-state index in [0.717, 1.165) is 12.8 Å². The maximum absolute atomic E-state index is 11.0. The van der Waals surface area contributed by atoms with Gasteiger partial charge in [0.1, 0.15) is 6.07 Å². The van der Waals surface area contributed by atoms with E-state index in [-0.39, 0.29) is 22.7 Å². The second-order valence-electron chi connectivity index (χ2n) is 4.72. The summed E-state index contributed by atoms with van der Waals surface area (Å²) in [4.78, 5) is 14.3. The number of nitrogens with zero attached hydrogens (tertiary/aromatic N) is 3. The Bertz CT molecular complexity index is 532. The molecule has 100 valence electrons. The maximum atomic E-state index is 11.0. The number of nitro groups is 1. The van der Waals surface area contributed by atoms with Crippen molar-refractivity contribution in [2.24, 2.45) is 0 Å². The number of pyridine rings is 1. The highest BCUT2D eigenvalue weighted by Crippen LogP contribution is 2.27. The maximum Gasteiger partial charge on any atom is 0.312 e. The smallest absolute Gasteiger partial charge is 0.312 e. The summed E-state index contributed by atoms with van der Waals surface area (Å²) < 4.78 is 5.59. The molecule has 1 saturated heterocycles. The van der Waals surface area contributed by atoms with Gasteiger partial charge in [0.2, 0.25) is 5.82 Å². The molecule has 1 aliphatic rings. The first-order valence-corrected chi connectivity index (χ1v) is 5.96. The van der Waals surface area contributed by atoms with E-state index in [1.165, 1.54) is 12.3 Å². The van der Waals surface area contributed by atoms with Gasteiger partial charge in [-0.2, -0.15) is 5.26 Å². The lowest BCUT2D eigenvalue weighted by Gasteiger charge is -2.23. The standard InChI is InChI=1S/C12H14N4O3/c1-12(3-2-4-19-12)8-15-11-10(16(17)18)5-9(6-13)7-14-11/h5,7H,2-4,8H2,1H3,(H,14,15). The molecule has 1 atom stereocenters. The summed E-state index contributed by atoms with van der Waals surface area (Å²) in [5.74, 6) is 0.167. The number of rotatable bonds is 4. The normalized spacial score (nSPS) is 21.9. The van der Waals surface area contributed by atoms with E-state index in [1.807, 2.05) is 13.0 Å². The van der Waals surface area contributed by atoms with Crippen molar-refractivity contribution in [1.29, 1.82) is 5.26 Å². The third-order valence-corrected chi connectivity index (χ3v) is 3.12. The van der Waals surface area contributed by atoms with Gasteiger partial charge in [-0.15, -0.1) is 0 Å².